The number of amides is 1. The number of hydrogen-bond acceptors (Lipinski definition) is 2. The molecular formula is C21H20N4O. The monoisotopic (exact) mass is 344 g/mol. The van der Waals surface area contributed by atoms with Crippen LogP contribution in [0, 0.1) is 6.92 Å². The van der Waals surface area contributed by atoms with E-state index in [0.29, 0.717) is 5.69 Å². The molecule has 0 bridgehead atoms. The number of benzene rings is 2. The summed E-state index contributed by atoms with van der Waals surface area (Å²) in [4.78, 5) is 22.8. The van der Waals surface area contributed by atoms with Gasteiger partial charge < -0.3 is 14.5 Å². The summed E-state index contributed by atoms with van der Waals surface area (Å²) in [6.07, 6.45) is 0.952. The summed E-state index contributed by atoms with van der Waals surface area (Å²) in [5.74, 6) is 1.09. The van der Waals surface area contributed by atoms with E-state index in [1.54, 1.807) is 0 Å². The first kappa shape index (κ1) is 15.2. The lowest BCUT2D eigenvalue weighted by Crippen LogP contribution is -2.29. The fourth-order valence-corrected chi connectivity index (χ4v) is 4.12. The molecule has 1 fully saturated rings. The van der Waals surface area contributed by atoms with E-state index in [-0.39, 0.29) is 11.9 Å². The summed E-state index contributed by atoms with van der Waals surface area (Å²) in [5, 5.41) is 1.07. The number of para-hydroxylation sites is 3. The number of fused-ring (bicyclic) bond motifs is 2. The van der Waals surface area contributed by atoms with E-state index in [1.807, 2.05) is 60.4 Å². The van der Waals surface area contributed by atoms with E-state index >= 15 is 0 Å². The highest BCUT2D eigenvalue weighted by atomic mass is 16.2. The third-order valence-corrected chi connectivity index (χ3v) is 5.35. The number of carbonyl (C=O) groups is 1. The molecule has 0 aliphatic carbocycles. The smallest absolute Gasteiger partial charge is 0.270 e. The summed E-state index contributed by atoms with van der Waals surface area (Å²) < 4.78 is 2.29. The number of nitrogens with one attached hydrogen (secondary N) is 1. The van der Waals surface area contributed by atoms with E-state index < -0.39 is 0 Å². The zero-order valence-corrected chi connectivity index (χ0v) is 14.6. The first-order valence-electron chi connectivity index (χ1n) is 9.01. The van der Waals surface area contributed by atoms with Gasteiger partial charge in [0.25, 0.3) is 5.91 Å². The Morgan fingerprint density at radius 1 is 1.15 bits per heavy atom. The third kappa shape index (κ3) is 2.31. The van der Waals surface area contributed by atoms with Crippen molar-refractivity contribution in [3.8, 4) is 0 Å². The quantitative estimate of drug-likeness (QED) is 0.599. The van der Waals surface area contributed by atoms with Gasteiger partial charge in [0.05, 0.1) is 17.1 Å². The maximum atomic E-state index is 13.0. The van der Waals surface area contributed by atoms with E-state index in [0.717, 1.165) is 47.3 Å². The van der Waals surface area contributed by atoms with Gasteiger partial charge in [0.2, 0.25) is 0 Å². The normalized spacial score (nSPS) is 17.4. The van der Waals surface area contributed by atoms with Crippen LogP contribution in [0.4, 0.5) is 0 Å². The molecule has 2 aromatic heterocycles. The molecule has 1 aliphatic heterocycles. The molecule has 5 nitrogen and oxygen atoms in total. The summed E-state index contributed by atoms with van der Waals surface area (Å²) in [5.41, 5.74) is 3.84. The predicted octanol–water partition coefficient (Wildman–Crippen LogP) is 3.91. The van der Waals surface area contributed by atoms with Crippen LogP contribution < -0.4 is 0 Å². The van der Waals surface area contributed by atoms with Crippen molar-refractivity contribution < 1.29 is 4.79 Å². The molecule has 3 heterocycles. The average molecular weight is 344 g/mol. The molecule has 5 heteroatoms. The number of aromatic nitrogens is 3. The predicted molar refractivity (Wildman–Crippen MR) is 102 cm³/mol. The van der Waals surface area contributed by atoms with Crippen LogP contribution in [0.2, 0.25) is 0 Å². The van der Waals surface area contributed by atoms with E-state index in [2.05, 4.69) is 20.6 Å². The summed E-state index contributed by atoms with van der Waals surface area (Å²) in [6, 6.07) is 18.4. The second-order valence-electron chi connectivity index (χ2n) is 6.98. The summed E-state index contributed by atoms with van der Waals surface area (Å²) in [6.45, 7) is 3.53. The SMILES string of the molecule is Cc1nc2ccccc2n1C1CCN(C(=O)c2cc3ccccc3[nH]2)C1. The van der Waals surface area contributed by atoms with Gasteiger partial charge in [-0.1, -0.05) is 30.3 Å². The molecule has 1 atom stereocenters. The van der Waals surface area contributed by atoms with Gasteiger partial charge in [0.15, 0.2) is 0 Å². The van der Waals surface area contributed by atoms with Gasteiger partial charge in [-0.2, -0.15) is 0 Å². The van der Waals surface area contributed by atoms with Crippen molar-refractivity contribution in [2.75, 3.05) is 13.1 Å². The number of H-pyrrole nitrogens is 1. The van der Waals surface area contributed by atoms with E-state index in [9.17, 15) is 4.79 Å². The van der Waals surface area contributed by atoms with Crippen molar-refractivity contribution in [3.05, 3.63) is 66.1 Å². The molecule has 2 aromatic carbocycles. The van der Waals surface area contributed by atoms with Crippen LogP contribution in [-0.2, 0) is 0 Å². The van der Waals surface area contributed by atoms with Crippen LogP contribution in [0.25, 0.3) is 21.9 Å². The minimum absolute atomic E-state index is 0.0748. The van der Waals surface area contributed by atoms with Crippen LogP contribution in [0.1, 0.15) is 28.8 Å². The topological polar surface area (TPSA) is 53.9 Å². The van der Waals surface area contributed by atoms with E-state index in [1.165, 1.54) is 0 Å². The molecule has 1 amide bonds. The van der Waals surface area contributed by atoms with Gasteiger partial charge in [-0.3, -0.25) is 4.79 Å². The van der Waals surface area contributed by atoms with E-state index in [4.69, 9.17) is 0 Å². The second kappa shape index (κ2) is 5.73. The maximum absolute atomic E-state index is 13.0. The summed E-state index contributed by atoms with van der Waals surface area (Å²) >= 11 is 0. The number of likely N-dealkylation sites (tertiary alicyclic amines) is 1. The van der Waals surface area contributed by atoms with Crippen molar-refractivity contribution in [2.24, 2.45) is 0 Å². The Hall–Kier alpha value is -3.08. The lowest BCUT2D eigenvalue weighted by Gasteiger charge is -2.18. The van der Waals surface area contributed by atoms with Crippen LogP contribution in [0.15, 0.2) is 54.6 Å². The average Bonchev–Trinajstić information content (AvgIpc) is 3.36. The Morgan fingerprint density at radius 2 is 1.96 bits per heavy atom. The highest BCUT2D eigenvalue weighted by Crippen LogP contribution is 2.29. The first-order chi connectivity index (χ1) is 12.7. The Labute approximate surface area is 151 Å². The van der Waals surface area contributed by atoms with Crippen molar-refractivity contribution in [2.45, 2.75) is 19.4 Å². The molecule has 4 aromatic rings. The molecule has 0 radical (unpaired) electrons. The maximum Gasteiger partial charge on any atom is 0.270 e. The van der Waals surface area contributed by atoms with Crippen LogP contribution in [0.3, 0.4) is 0 Å². The minimum atomic E-state index is 0.0748. The van der Waals surface area contributed by atoms with Gasteiger partial charge in [0.1, 0.15) is 11.5 Å². The van der Waals surface area contributed by atoms with Crippen LogP contribution >= 0.6 is 0 Å². The van der Waals surface area contributed by atoms with Crippen molar-refractivity contribution in [3.63, 3.8) is 0 Å². The number of aryl methyl sites for hydroxylation is 1. The number of rotatable bonds is 2. The molecule has 1 N–H and O–H groups in total. The molecule has 1 unspecified atom stereocenters. The zero-order chi connectivity index (χ0) is 17.7. The van der Waals surface area contributed by atoms with Gasteiger partial charge in [-0.05, 0) is 37.6 Å². The molecular weight excluding hydrogens is 324 g/mol. The lowest BCUT2D eigenvalue weighted by molar-refractivity contribution is 0.0783. The highest BCUT2D eigenvalue weighted by molar-refractivity contribution is 5.98. The fraction of sp³-hybridized carbons (Fsp3) is 0.238. The Kier molecular flexibility index (Phi) is 3.35. The summed E-state index contributed by atoms with van der Waals surface area (Å²) in [7, 11) is 0. The molecule has 1 aliphatic rings. The van der Waals surface area contributed by atoms with Gasteiger partial charge >= 0.3 is 0 Å². The highest BCUT2D eigenvalue weighted by Gasteiger charge is 2.30. The van der Waals surface area contributed by atoms with Gasteiger partial charge in [-0.15, -0.1) is 0 Å². The second-order valence-corrected chi connectivity index (χ2v) is 6.98. The lowest BCUT2D eigenvalue weighted by atomic mass is 10.2. The molecule has 0 spiro atoms. The number of nitrogens with zero attached hydrogens (tertiary/aromatic N) is 3. The molecule has 130 valence electrons. The molecule has 1 saturated heterocycles. The Balaban J connectivity index is 1.43. The number of carbonyl (C=O) groups excluding carboxylic acids is 1. The van der Waals surface area contributed by atoms with Gasteiger partial charge in [0, 0.05) is 24.0 Å². The van der Waals surface area contributed by atoms with Crippen molar-refractivity contribution in [1.29, 1.82) is 0 Å². The Morgan fingerprint density at radius 3 is 2.85 bits per heavy atom. The minimum Gasteiger partial charge on any atom is -0.351 e. The number of hydrogen-bond donors (Lipinski definition) is 1. The van der Waals surface area contributed by atoms with Crippen molar-refractivity contribution in [1.82, 2.24) is 19.4 Å². The molecule has 26 heavy (non-hydrogen) atoms. The molecule has 0 saturated carbocycles. The zero-order valence-electron chi connectivity index (χ0n) is 14.6. The van der Waals surface area contributed by atoms with Crippen LogP contribution in [-0.4, -0.2) is 38.4 Å². The van der Waals surface area contributed by atoms with Gasteiger partial charge in [-0.25, -0.2) is 4.98 Å². The molecule has 5 rings (SSSR count). The first-order valence-corrected chi connectivity index (χ1v) is 9.01. The van der Waals surface area contributed by atoms with Crippen molar-refractivity contribution >= 4 is 27.8 Å². The number of imidazole rings is 1. The largest absolute Gasteiger partial charge is 0.351 e. The Bertz CT molecular complexity index is 1090. The number of aromatic amines is 1. The standard InChI is InChI=1S/C21H20N4O/c1-14-22-18-8-4-5-9-20(18)25(14)16-10-11-24(13-16)21(26)19-12-15-6-2-3-7-17(15)23-19/h2-9,12,16,23H,10-11,13H2,1H3. The van der Waals surface area contributed by atoms with Crippen LogP contribution in [0.5, 0.6) is 0 Å². The fourth-order valence-electron chi connectivity index (χ4n) is 4.12. The third-order valence-electron chi connectivity index (χ3n) is 5.35.